The lowest BCUT2D eigenvalue weighted by Gasteiger charge is -2.01. The van der Waals surface area contributed by atoms with Gasteiger partial charge in [-0.1, -0.05) is 29.8 Å². The van der Waals surface area contributed by atoms with E-state index in [1.807, 2.05) is 44.2 Å². The van der Waals surface area contributed by atoms with Crippen molar-refractivity contribution in [2.45, 2.75) is 13.8 Å². The number of benzene rings is 2. The van der Waals surface area contributed by atoms with E-state index < -0.39 is 0 Å². The molecule has 0 spiro atoms. The molecule has 0 aliphatic heterocycles. The Hall–Kier alpha value is -2.49. The van der Waals surface area contributed by atoms with E-state index in [0.717, 1.165) is 16.8 Å². The molecule has 4 heteroatoms. The molecule has 0 fully saturated rings. The van der Waals surface area contributed by atoms with Gasteiger partial charge in [0.05, 0.1) is 16.2 Å². The summed E-state index contributed by atoms with van der Waals surface area (Å²) in [6, 6.07) is 12.7. The Morgan fingerprint density at radius 1 is 1.11 bits per heavy atom. The van der Waals surface area contributed by atoms with Gasteiger partial charge < -0.3 is 0 Å². The molecule has 0 saturated carbocycles. The van der Waals surface area contributed by atoms with E-state index in [4.69, 9.17) is 0 Å². The van der Waals surface area contributed by atoms with Crippen LogP contribution in [-0.2, 0) is 0 Å². The minimum Gasteiger partial charge on any atom is -0.258 e. The molecule has 4 nitrogen and oxygen atoms in total. The number of aryl methyl sites for hydroxylation is 2. The molecular formula is C15H14N2O2. The van der Waals surface area contributed by atoms with Gasteiger partial charge in [-0.15, -0.1) is 0 Å². The van der Waals surface area contributed by atoms with E-state index >= 15 is 0 Å². The first-order valence-electron chi connectivity index (χ1n) is 5.92. The van der Waals surface area contributed by atoms with Gasteiger partial charge in [0.15, 0.2) is 0 Å². The summed E-state index contributed by atoms with van der Waals surface area (Å²) in [6.45, 7) is 3.84. The number of rotatable bonds is 3. The monoisotopic (exact) mass is 254 g/mol. The Balaban J connectivity index is 2.37. The standard InChI is InChI=1S/C15H14N2O2/c1-11-6-8-13(9-7-11)16-10-14-12(2)4-3-5-15(14)17(18)19/h3-10H,1-2H3. The van der Waals surface area contributed by atoms with Gasteiger partial charge in [0.1, 0.15) is 0 Å². The van der Waals surface area contributed by atoms with E-state index in [9.17, 15) is 10.1 Å². The Labute approximate surface area is 111 Å². The normalized spacial score (nSPS) is 10.8. The van der Waals surface area contributed by atoms with Crippen LogP contribution >= 0.6 is 0 Å². The predicted molar refractivity (Wildman–Crippen MR) is 76.3 cm³/mol. The molecule has 0 heterocycles. The topological polar surface area (TPSA) is 55.5 Å². The average molecular weight is 254 g/mol. The molecule has 0 saturated heterocycles. The van der Waals surface area contributed by atoms with Crippen LogP contribution in [-0.4, -0.2) is 11.1 Å². The molecule has 0 N–H and O–H groups in total. The number of nitro groups is 1. The van der Waals surface area contributed by atoms with E-state index in [-0.39, 0.29) is 10.6 Å². The van der Waals surface area contributed by atoms with Crippen LogP contribution in [0.4, 0.5) is 11.4 Å². The van der Waals surface area contributed by atoms with Crippen LogP contribution < -0.4 is 0 Å². The smallest absolute Gasteiger partial charge is 0.258 e. The molecule has 0 amide bonds. The van der Waals surface area contributed by atoms with E-state index in [0.29, 0.717) is 5.56 Å². The van der Waals surface area contributed by atoms with Crippen molar-refractivity contribution >= 4 is 17.6 Å². The van der Waals surface area contributed by atoms with Crippen molar-refractivity contribution in [1.82, 2.24) is 0 Å². The van der Waals surface area contributed by atoms with Crippen molar-refractivity contribution < 1.29 is 4.92 Å². The number of aliphatic imine (C=N–C) groups is 1. The summed E-state index contributed by atoms with van der Waals surface area (Å²) in [6.07, 6.45) is 1.55. The lowest BCUT2D eigenvalue weighted by atomic mass is 10.1. The summed E-state index contributed by atoms with van der Waals surface area (Å²) in [4.78, 5) is 14.9. The first kappa shape index (κ1) is 13.0. The van der Waals surface area contributed by atoms with E-state index in [1.54, 1.807) is 12.3 Å². The van der Waals surface area contributed by atoms with Crippen LogP contribution in [0.5, 0.6) is 0 Å². The second kappa shape index (κ2) is 5.44. The van der Waals surface area contributed by atoms with Gasteiger partial charge in [-0.2, -0.15) is 0 Å². The van der Waals surface area contributed by atoms with Gasteiger partial charge in [-0.05, 0) is 31.5 Å². The highest BCUT2D eigenvalue weighted by atomic mass is 16.6. The zero-order valence-electron chi connectivity index (χ0n) is 10.8. The average Bonchev–Trinajstić information content (AvgIpc) is 2.39. The highest BCUT2D eigenvalue weighted by molar-refractivity contribution is 5.88. The van der Waals surface area contributed by atoms with Crippen molar-refractivity contribution in [2.24, 2.45) is 4.99 Å². The minimum atomic E-state index is -0.385. The molecule has 2 aromatic rings. The highest BCUT2D eigenvalue weighted by Gasteiger charge is 2.13. The molecule has 0 aromatic heterocycles. The summed E-state index contributed by atoms with van der Waals surface area (Å²) in [5.74, 6) is 0. The minimum absolute atomic E-state index is 0.0795. The van der Waals surface area contributed by atoms with Crippen molar-refractivity contribution in [2.75, 3.05) is 0 Å². The Bertz CT molecular complexity index is 631. The van der Waals surface area contributed by atoms with Gasteiger partial charge in [0.2, 0.25) is 0 Å². The number of hydrogen-bond donors (Lipinski definition) is 0. The molecule has 0 radical (unpaired) electrons. The molecule has 0 atom stereocenters. The maximum atomic E-state index is 11.0. The second-order valence-corrected chi connectivity index (χ2v) is 4.36. The van der Waals surface area contributed by atoms with Gasteiger partial charge in [-0.25, -0.2) is 0 Å². The van der Waals surface area contributed by atoms with Gasteiger partial charge in [-0.3, -0.25) is 15.1 Å². The van der Waals surface area contributed by atoms with Gasteiger partial charge in [0, 0.05) is 12.3 Å². The van der Waals surface area contributed by atoms with Crippen molar-refractivity contribution in [1.29, 1.82) is 0 Å². The van der Waals surface area contributed by atoms with Crippen LogP contribution in [0.25, 0.3) is 0 Å². The highest BCUT2D eigenvalue weighted by Crippen LogP contribution is 2.21. The third-order valence-corrected chi connectivity index (χ3v) is 2.87. The largest absolute Gasteiger partial charge is 0.278 e. The van der Waals surface area contributed by atoms with Gasteiger partial charge in [0.25, 0.3) is 5.69 Å². The summed E-state index contributed by atoms with van der Waals surface area (Å²) < 4.78 is 0. The SMILES string of the molecule is Cc1ccc(N=Cc2c(C)cccc2[N+](=O)[O-])cc1. The maximum Gasteiger partial charge on any atom is 0.278 e. The number of nitrogens with zero attached hydrogens (tertiary/aromatic N) is 2. The zero-order valence-corrected chi connectivity index (χ0v) is 10.8. The quantitative estimate of drug-likeness (QED) is 0.473. The summed E-state index contributed by atoms with van der Waals surface area (Å²) >= 11 is 0. The Kier molecular flexibility index (Phi) is 3.71. The van der Waals surface area contributed by atoms with E-state index in [1.165, 1.54) is 6.07 Å². The van der Waals surface area contributed by atoms with Gasteiger partial charge >= 0.3 is 0 Å². The molecule has 2 rings (SSSR count). The molecule has 0 aliphatic rings. The fourth-order valence-electron chi connectivity index (χ4n) is 1.76. The van der Waals surface area contributed by atoms with Crippen molar-refractivity contribution in [3.8, 4) is 0 Å². The van der Waals surface area contributed by atoms with Crippen LogP contribution in [0, 0.1) is 24.0 Å². The van der Waals surface area contributed by atoms with Crippen LogP contribution in [0.15, 0.2) is 47.5 Å². The fourth-order valence-corrected chi connectivity index (χ4v) is 1.76. The molecule has 19 heavy (non-hydrogen) atoms. The predicted octanol–water partition coefficient (Wildman–Crippen LogP) is 3.96. The van der Waals surface area contributed by atoms with E-state index in [2.05, 4.69) is 4.99 Å². The Morgan fingerprint density at radius 2 is 1.79 bits per heavy atom. The third-order valence-electron chi connectivity index (χ3n) is 2.87. The summed E-state index contributed by atoms with van der Waals surface area (Å²) in [7, 11) is 0. The zero-order chi connectivity index (χ0) is 13.8. The molecular weight excluding hydrogens is 240 g/mol. The summed E-state index contributed by atoms with van der Waals surface area (Å²) in [5, 5.41) is 11.0. The van der Waals surface area contributed by atoms with Crippen molar-refractivity contribution in [3.05, 3.63) is 69.3 Å². The lowest BCUT2D eigenvalue weighted by molar-refractivity contribution is -0.385. The molecule has 0 unspecified atom stereocenters. The van der Waals surface area contributed by atoms with Crippen molar-refractivity contribution in [3.63, 3.8) is 0 Å². The fraction of sp³-hybridized carbons (Fsp3) is 0.133. The molecule has 0 bridgehead atoms. The van der Waals surface area contributed by atoms with Crippen LogP contribution in [0.3, 0.4) is 0 Å². The first-order chi connectivity index (χ1) is 9.08. The lowest BCUT2D eigenvalue weighted by Crippen LogP contribution is -1.96. The third kappa shape index (κ3) is 3.04. The summed E-state index contributed by atoms with van der Waals surface area (Å²) in [5.41, 5.74) is 3.40. The first-order valence-corrected chi connectivity index (χ1v) is 5.92. The number of nitro benzene ring substituents is 1. The molecule has 96 valence electrons. The number of hydrogen-bond acceptors (Lipinski definition) is 3. The molecule has 0 aliphatic carbocycles. The Morgan fingerprint density at radius 3 is 2.42 bits per heavy atom. The molecule has 2 aromatic carbocycles. The van der Waals surface area contributed by atoms with Crippen LogP contribution in [0.2, 0.25) is 0 Å². The van der Waals surface area contributed by atoms with Crippen LogP contribution in [0.1, 0.15) is 16.7 Å². The maximum absolute atomic E-state index is 11.0. The second-order valence-electron chi connectivity index (χ2n) is 4.36.